The lowest BCUT2D eigenvalue weighted by Gasteiger charge is -2.12. The van der Waals surface area contributed by atoms with Gasteiger partial charge >= 0.3 is 11.9 Å². The van der Waals surface area contributed by atoms with Gasteiger partial charge in [-0.05, 0) is 0 Å². The number of aliphatic hydroxyl groups excluding tert-OH is 1. The summed E-state index contributed by atoms with van der Waals surface area (Å²) in [6, 6.07) is -1.49. The predicted molar refractivity (Wildman–Crippen MR) is 47.4 cm³/mol. The average molecular weight is 241 g/mol. The topological polar surface area (TPSA) is 130 Å². The van der Waals surface area contributed by atoms with E-state index in [1.54, 1.807) is 4.72 Å². The van der Waals surface area contributed by atoms with Gasteiger partial charge in [0, 0.05) is 0 Å². The minimum absolute atomic E-state index is 0.814. The minimum Gasteiger partial charge on any atom is -0.480 e. The Balaban J connectivity index is 4.54. The van der Waals surface area contributed by atoms with Gasteiger partial charge in [-0.2, -0.15) is 4.72 Å². The molecule has 0 aliphatic rings. The third-order valence-corrected chi connectivity index (χ3v) is 2.57. The van der Waals surface area contributed by atoms with E-state index in [0.717, 1.165) is 7.11 Å². The molecule has 0 aliphatic carbocycles. The molecule has 1 unspecified atom stereocenters. The van der Waals surface area contributed by atoms with Crippen molar-refractivity contribution in [3.63, 3.8) is 0 Å². The Hall–Kier alpha value is -1.19. The highest BCUT2D eigenvalue weighted by atomic mass is 32.2. The van der Waals surface area contributed by atoms with Crippen molar-refractivity contribution in [2.24, 2.45) is 0 Å². The first kappa shape index (κ1) is 13.8. The number of nitrogens with one attached hydrogen (secondary N) is 1. The second kappa shape index (κ2) is 5.63. The molecule has 0 amide bonds. The molecule has 0 saturated heterocycles. The van der Waals surface area contributed by atoms with Crippen molar-refractivity contribution in [1.82, 2.24) is 4.72 Å². The van der Waals surface area contributed by atoms with Crippen LogP contribution >= 0.6 is 0 Å². The van der Waals surface area contributed by atoms with Crippen molar-refractivity contribution >= 4 is 22.0 Å². The summed E-state index contributed by atoms with van der Waals surface area (Å²) in [4.78, 5) is 21.0. The van der Waals surface area contributed by atoms with E-state index in [0.29, 0.717) is 0 Å². The average Bonchev–Trinajstić information content (AvgIpc) is 2.11. The molecule has 9 heteroatoms. The number of hydrogen-bond donors (Lipinski definition) is 3. The van der Waals surface area contributed by atoms with Crippen molar-refractivity contribution < 1.29 is 33.0 Å². The third-order valence-electron chi connectivity index (χ3n) is 1.30. The molecular formula is C6H11NO7S. The number of aliphatic carboxylic acids is 1. The monoisotopic (exact) mass is 241 g/mol. The highest BCUT2D eigenvalue weighted by Crippen LogP contribution is 1.92. The van der Waals surface area contributed by atoms with Crippen LogP contribution in [0.15, 0.2) is 0 Å². The number of carbonyl (C=O) groups excluding carboxylic acids is 1. The fourth-order valence-corrected chi connectivity index (χ4v) is 1.74. The van der Waals surface area contributed by atoms with E-state index in [1.165, 1.54) is 0 Å². The van der Waals surface area contributed by atoms with Gasteiger partial charge in [0.2, 0.25) is 10.0 Å². The summed E-state index contributed by atoms with van der Waals surface area (Å²) in [5.41, 5.74) is 0. The van der Waals surface area contributed by atoms with E-state index in [1.807, 2.05) is 0 Å². The Morgan fingerprint density at radius 2 is 2.00 bits per heavy atom. The molecule has 0 aromatic rings. The van der Waals surface area contributed by atoms with Gasteiger partial charge in [-0.25, -0.2) is 8.42 Å². The Morgan fingerprint density at radius 1 is 1.47 bits per heavy atom. The standard InChI is InChI=1S/C6H11NO7S/c1-14-6(11)4(2-8)7-15(12,13)3-5(9)10/h4,7-8H,2-3H2,1H3,(H,9,10). The highest BCUT2D eigenvalue weighted by Gasteiger charge is 2.25. The van der Waals surface area contributed by atoms with E-state index < -0.39 is 40.4 Å². The molecule has 0 aliphatic heterocycles. The zero-order chi connectivity index (χ0) is 12.1. The third kappa shape index (κ3) is 5.30. The normalized spacial score (nSPS) is 13.2. The van der Waals surface area contributed by atoms with Crippen LogP contribution in [0, 0.1) is 0 Å². The number of carbonyl (C=O) groups is 2. The smallest absolute Gasteiger partial charge is 0.326 e. The van der Waals surface area contributed by atoms with Gasteiger partial charge in [0.05, 0.1) is 13.7 Å². The quantitative estimate of drug-likeness (QED) is 0.439. The molecule has 88 valence electrons. The number of carboxylic acids is 1. The van der Waals surface area contributed by atoms with Crippen molar-refractivity contribution in [1.29, 1.82) is 0 Å². The summed E-state index contributed by atoms with van der Waals surface area (Å²) < 4.78 is 27.9. The number of methoxy groups -OCH3 is 1. The first-order chi connectivity index (χ1) is 6.82. The van der Waals surface area contributed by atoms with Gasteiger partial charge in [0.1, 0.15) is 6.04 Å². The van der Waals surface area contributed by atoms with Crippen LogP contribution in [-0.2, 0) is 24.3 Å². The van der Waals surface area contributed by atoms with Crippen molar-refractivity contribution in [2.75, 3.05) is 19.5 Å². The molecule has 0 heterocycles. The summed E-state index contributed by atoms with van der Waals surface area (Å²) in [5.74, 6) is -3.74. The fraction of sp³-hybridized carbons (Fsp3) is 0.667. The maximum Gasteiger partial charge on any atom is 0.326 e. The first-order valence-electron chi connectivity index (χ1n) is 3.73. The SMILES string of the molecule is COC(=O)C(CO)NS(=O)(=O)CC(=O)O. The lowest BCUT2D eigenvalue weighted by atomic mass is 10.3. The Bertz CT molecular complexity index is 335. The molecule has 8 nitrogen and oxygen atoms in total. The van der Waals surface area contributed by atoms with Crippen LogP contribution in [0.2, 0.25) is 0 Å². The number of esters is 1. The van der Waals surface area contributed by atoms with Crippen LogP contribution in [0.4, 0.5) is 0 Å². The fourth-order valence-electron chi connectivity index (χ4n) is 0.723. The maximum atomic E-state index is 11.0. The molecule has 3 N–H and O–H groups in total. The van der Waals surface area contributed by atoms with Gasteiger partial charge in [0.15, 0.2) is 5.75 Å². The molecule has 0 rings (SSSR count). The van der Waals surface area contributed by atoms with Crippen molar-refractivity contribution in [2.45, 2.75) is 6.04 Å². The molecular weight excluding hydrogens is 230 g/mol. The van der Waals surface area contributed by atoms with Crippen LogP contribution in [0.5, 0.6) is 0 Å². The van der Waals surface area contributed by atoms with Gasteiger partial charge < -0.3 is 14.9 Å². The highest BCUT2D eigenvalue weighted by molar-refractivity contribution is 7.90. The summed E-state index contributed by atoms with van der Waals surface area (Å²) in [5, 5.41) is 16.9. The number of rotatable bonds is 6. The Morgan fingerprint density at radius 3 is 2.33 bits per heavy atom. The second-order valence-corrected chi connectivity index (χ2v) is 4.28. The van der Waals surface area contributed by atoms with E-state index >= 15 is 0 Å². The molecule has 1 atom stereocenters. The molecule has 0 aromatic carbocycles. The largest absolute Gasteiger partial charge is 0.480 e. The van der Waals surface area contributed by atoms with Crippen LogP contribution in [0.3, 0.4) is 0 Å². The van der Waals surface area contributed by atoms with E-state index in [2.05, 4.69) is 4.74 Å². The van der Waals surface area contributed by atoms with E-state index in [-0.39, 0.29) is 0 Å². The summed E-state index contributed by atoms with van der Waals surface area (Å²) >= 11 is 0. The Kier molecular flexibility index (Phi) is 5.19. The lowest BCUT2D eigenvalue weighted by Crippen LogP contribution is -2.45. The summed E-state index contributed by atoms with van der Waals surface area (Å²) in [6.07, 6.45) is 0. The molecule has 15 heavy (non-hydrogen) atoms. The second-order valence-electron chi connectivity index (χ2n) is 2.53. The van der Waals surface area contributed by atoms with Crippen LogP contribution in [0.1, 0.15) is 0 Å². The maximum absolute atomic E-state index is 11.0. The molecule has 0 saturated carbocycles. The minimum atomic E-state index is -4.16. The zero-order valence-electron chi connectivity index (χ0n) is 7.84. The molecule has 0 radical (unpaired) electrons. The zero-order valence-corrected chi connectivity index (χ0v) is 8.65. The predicted octanol–water partition coefficient (Wildman–Crippen LogP) is -2.48. The van der Waals surface area contributed by atoms with Gasteiger partial charge in [-0.3, -0.25) is 9.59 Å². The van der Waals surface area contributed by atoms with Gasteiger partial charge in [-0.15, -0.1) is 0 Å². The summed E-state index contributed by atoms with van der Waals surface area (Å²) in [7, 11) is -3.15. The molecule has 0 bridgehead atoms. The van der Waals surface area contributed by atoms with Crippen LogP contribution in [-0.4, -0.2) is 56.1 Å². The van der Waals surface area contributed by atoms with Crippen molar-refractivity contribution in [3.05, 3.63) is 0 Å². The number of ether oxygens (including phenoxy) is 1. The number of hydrogen-bond acceptors (Lipinski definition) is 6. The number of aliphatic hydroxyl groups is 1. The van der Waals surface area contributed by atoms with Crippen molar-refractivity contribution in [3.8, 4) is 0 Å². The van der Waals surface area contributed by atoms with Crippen LogP contribution in [0.25, 0.3) is 0 Å². The van der Waals surface area contributed by atoms with E-state index in [9.17, 15) is 18.0 Å². The number of sulfonamides is 1. The first-order valence-corrected chi connectivity index (χ1v) is 5.38. The number of carboxylic acid groups (broad SMARTS) is 1. The lowest BCUT2D eigenvalue weighted by molar-refractivity contribution is -0.143. The van der Waals surface area contributed by atoms with Gasteiger partial charge in [0.25, 0.3) is 0 Å². The molecule has 0 fully saturated rings. The summed E-state index contributed by atoms with van der Waals surface area (Å²) in [6.45, 7) is -0.814. The van der Waals surface area contributed by atoms with Crippen LogP contribution < -0.4 is 4.72 Å². The molecule has 0 aromatic heterocycles. The van der Waals surface area contributed by atoms with Gasteiger partial charge in [-0.1, -0.05) is 0 Å². The molecule has 0 spiro atoms. The Labute approximate surface area is 85.9 Å². The van der Waals surface area contributed by atoms with E-state index in [4.69, 9.17) is 10.2 Å².